The number of nitrogens with zero attached hydrogens (tertiary/aromatic N) is 1. The molecule has 2 aromatic carbocycles. The fourth-order valence-electron chi connectivity index (χ4n) is 4.12. The minimum Gasteiger partial charge on any atom is -0.256 e. The van der Waals surface area contributed by atoms with E-state index in [1.165, 1.54) is 33.0 Å². The molecule has 0 bridgehead atoms. The van der Waals surface area contributed by atoms with E-state index in [4.69, 9.17) is 4.98 Å². The number of benzene rings is 2. The van der Waals surface area contributed by atoms with E-state index >= 15 is 0 Å². The second kappa shape index (κ2) is 8.78. The van der Waals surface area contributed by atoms with Crippen molar-refractivity contribution in [1.29, 1.82) is 0 Å². The highest BCUT2D eigenvalue weighted by Gasteiger charge is 2.30. The van der Waals surface area contributed by atoms with Gasteiger partial charge < -0.3 is 0 Å². The topological polar surface area (TPSA) is 12.9 Å². The molecule has 3 aromatic rings. The quantitative estimate of drug-likeness (QED) is 0.392. The Morgan fingerprint density at radius 2 is 1.69 bits per heavy atom. The predicted octanol–water partition coefficient (Wildman–Crippen LogP) is 8.12. The summed E-state index contributed by atoms with van der Waals surface area (Å²) in [5, 5.41) is 2.45. The van der Waals surface area contributed by atoms with Crippen LogP contribution in [0.25, 0.3) is 22.0 Å². The van der Waals surface area contributed by atoms with Gasteiger partial charge in [-0.15, -0.1) is 0 Å². The molecule has 3 rings (SSSR count). The average Bonchev–Trinajstić information content (AvgIpc) is 2.73. The maximum atomic E-state index is 4.80. The summed E-state index contributed by atoms with van der Waals surface area (Å²) in [5.41, 5.74) is 6.47. The van der Waals surface area contributed by atoms with Crippen molar-refractivity contribution in [1.82, 2.24) is 4.98 Å². The van der Waals surface area contributed by atoms with Crippen molar-refractivity contribution >= 4 is 10.8 Å². The van der Waals surface area contributed by atoms with Gasteiger partial charge in [0.05, 0.1) is 5.69 Å². The molecule has 0 spiro atoms. The van der Waals surface area contributed by atoms with Crippen LogP contribution in [-0.4, -0.2) is 4.98 Å². The van der Waals surface area contributed by atoms with E-state index in [2.05, 4.69) is 108 Å². The molecule has 1 heterocycles. The van der Waals surface area contributed by atoms with E-state index in [0.717, 1.165) is 12.1 Å². The number of fused-ring (bicyclic) bond motifs is 1. The van der Waals surface area contributed by atoms with Crippen molar-refractivity contribution in [3.63, 3.8) is 0 Å². The van der Waals surface area contributed by atoms with Gasteiger partial charge in [0.1, 0.15) is 0 Å². The molecule has 0 saturated heterocycles. The molecule has 0 radical (unpaired) electrons. The molecule has 29 heavy (non-hydrogen) atoms. The second-order valence-corrected chi connectivity index (χ2v) is 8.78. The number of rotatable bonds is 6. The Balaban J connectivity index is 2.04. The third kappa shape index (κ3) is 4.50. The fourth-order valence-corrected chi connectivity index (χ4v) is 4.12. The molecule has 0 aliphatic rings. The smallest absolute Gasteiger partial charge is 0.0783 e. The maximum absolute atomic E-state index is 4.80. The van der Waals surface area contributed by atoms with E-state index in [9.17, 15) is 0 Å². The molecule has 0 unspecified atom stereocenters. The molecule has 1 atom stereocenters. The monoisotopic (exact) mass is 383 g/mol. The van der Waals surface area contributed by atoms with Gasteiger partial charge in [-0.25, -0.2) is 0 Å². The third-order valence-electron chi connectivity index (χ3n) is 6.34. The van der Waals surface area contributed by atoms with E-state index in [1.807, 2.05) is 6.20 Å². The highest BCUT2D eigenvalue weighted by Crippen LogP contribution is 2.41. The minimum atomic E-state index is 0.0220. The molecule has 0 aliphatic heterocycles. The Bertz CT molecular complexity index is 1050. The van der Waals surface area contributed by atoms with Gasteiger partial charge in [0.2, 0.25) is 0 Å². The van der Waals surface area contributed by atoms with Crippen LogP contribution in [0.1, 0.15) is 53.5 Å². The van der Waals surface area contributed by atoms with Gasteiger partial charge >= 0.3 is 0 Å². The molecule has 0 N–H and O–H groups in total. The largest absolute Gasteiger partial charge is 0.256 e. The average molecular weight is 384 g/mol. The summed E-state index contributed by atoms with van der Waals surface area (Å²) in [6.45, 7) is 13.6. The van der Waals surface area contributed by atoms with Crippen LogP contribution in [0.4, 0.5) is 0 Å². The van der Waals surface area contributed by atoms with Crippen LogP contribution in [-0.2, 0) is 5.41 Å². The maximum Gasteiger partial charge on any atom is 0.0783 e. The van der Waals surface area contributed by atoms with Gasteiger partial charge in [0.25, 0.3) is 0 Å². The molecule has 150 valence electrons. The first-order valence-electron chi connectivity index (χ1n) is 10.6. The van der Waals surface area contributed by atoms with Crippen molar-refractivity contribution in [3.8, 4) is 11.3 Å². The predicted molar refractivity (Wildman–Crippen MR) is 127 cm³/mol. The molecular weight excluding hydrogens is 350 g/mol. The second-order valence-electron chi connectivity index (χ2n) is 8.78. The van der Waals surface area contributed by atoms with E-state index in [0.29, 0.717) is 5.92 Å². The number of pyridine rings is 1. The van der Waals surface area contributed by atoms with Gasteiger partial charge in [-0.1, -0.05) is 92.6 Å². The van der Waals surface area contributed by atoms with Crippen LogP contribution in [0.3, 0.4) is 0 Å². The molecule has 1 nitrogen and oxygen atoms in total. The number of hydrogen-bond donors (Lipinski definition) is 0. The van der Waals surface area contributed by atoms with Gasteiger partial charge in [-0.05, 0) is 55.5 Å². The lowest BCUT2D eigenvalue weighted by Crippen LogP contribution is -2.27. The lowest BCUT2D eigenvalue weighted by atomic mass is 9.70. The van der Waals surface area contributed by atoms with Crippen LogP contribution in [0.2, 0.25) is 0 Å². The Hall–Kier alpha value is -2.67. The SMILES string of the molecule is C/C=C(C)\C=C(\C)C[C@@H](C)C(C)(C)c1ccccc1-c1nccc2ccccc12. The zero-order chi connectivity index (χ0) is 21.0. The lowest BCUT2D eigenvalue weighted by molar-refractivity contribution is 0.342. The number of aromatic nitrogens is 1. The van der Waals surface area contributed by atoms with Crippen LogP contribution >= 0.6 is 0 Å². The molecule has 0 fully saturated rings. The molecule has 0 amide bonds. The Kier molecular flexibility index (Phi) is 6.37. The molecular formula is C28H33N. The van der Waals surface area contributed by atoms with Gasteiger partial charge in [-0.2, -0.15) is 0 Å². The highest BCUT2D eigenvalue weighted by atomic mass is 14.7. The van der Waals surface area contributed by atoms with E-state index < -0.39 is 0 Å². The Morgan fingerprint density at radius 3 is 2.45 bits per heavy atom. The summed E-state index contributed by atoms with van der Waals surface area (Å²) in [5.74, 6) is 0.500. The first-order chi connectivity index (χ1) is 13.8. The fraction of sp³-hybridized carbons (Fsp3) is 0.321. The van der Waals surface area contributed by atoms with Crippen molar-refractivity contribution in [2.45, 2.75) is 53.4 Å². The standard InChI is InChI=1S/C28H33N/c1-7-20(2)18-21(3)19-22(4)28(5,6)26-15-11-10-14-25(26)27-24-13-9-8-12-23(24)16-17-29-27/h7-18,22H,19H2,1-6H3/b20-7-,21-18-/t22-/m1/s1. The van der Waals surface area contributed by atoms with Crippen molar-refractivity contribution < 1.29 is 0 Å². The zero-order valence-electron chi connectivity index (χ0n) is 18.7. The Morgan fingerprint density at radius 1 is 1.00 bits per heavy atom. The summed E-state index contributed by atoms with van der Waals surface area (Å²) in [6, 6.07) is 19.4. The van der Waals surface area contributed by atoms with Gasteiger partial charge in [0.15, 0.2) is 0 Å². The van der Waals surface area contributed by atoms with Crippen molar-refractivity contribution in [2.24, 2.45) is 5.92 Å². The zero-order valence-corrected chi connectivity index (χ0v) is 18.7. The third-order valence-corrected chi connectivity index (χ3v) is 6.34. The van der Waals surface area contributed by atoms with Crippen LogP contribution in [0.5, 0.6) is 0 Å². The van der Waals surface area contributed by atoms with Crippen LogP contribution in [0.15, 0.2) is 84.1 Å². The summed E-state index contributed by atoms with van der Waals surface area (Å²) >= 11 is 0. The first kappa shape index (κ1) is 21.0. The number of hydrogen-bond acceptors (Lipinski definition) is 1. The Labute approximate surface area is 176 Å². The molecule has 0 aliphatic carbocycles. The van der Waals surface area contributed by atoms with E-state index in [1.54, 1.807) is 0 Å². The van der Waals surface area contributed by atoms with Gasteiger partial charge in [-0.3, -0.25) is 4.98 Å². The van der Waals surface area contributed by atoms with Crippen LogP contribution < -0.4 is 0 Å². The van der Waals surface area contributed by atoms with Crippen molar-refractivity contribution in [2.75, 3.05) is 0 Å². The summed E-state index contributed by atoms with van der Waals surface area (Å²) < 4.78 is 0. The first-order valence-corrected chi connectivity index (χ1v) is 10.6. The van der Waals surface area contributed by atoms with Gasteiger partial charge in [0, 0.05) is 17.1 Å². The summed E-state index contributed by atoms with van der Waals surface area (Å²) in [6.07, 6.45) is 7.48. The molecule has 1 heteroatoms. The number of allylic oxidation sites excluding steroid dienone is 4. The van der Waals surface area contributed by atoms with Crippen LogP contribution in [0, 0.1) is 5.92 Å². The van der Waals surface area contributed by atoms with Crippen molar-refractivity contribution in [3.05, 3.63) is 89.7 Å². The normalized spacial score (nSPS) is 14.3. The molecule has 1 aromatic heterocycles. The van der Waals surface area contributed by atoms with E-state index in [-0.39, 0.29) is 5.41 Å². The highest BCUT2D eigenvalue weighted by molar-refractivity contribution is 5.95. The summed E-state index contributed by atoms with van der Waals surface area (Å²) in [7, 11) is 0. The lowest BCUT2D eigenvalue weighted by Gasteiger charge is -2.34. The summed E-state index contributed by atoms with van der Waals surface area (Å²) in [4.78, 5) is 4.80. The molecule has 0 saturated carbocycles. The minimum absolute atomic E-state index is 0.0220.